The summed E-state index contributed by atoms with van der Waals surface area (Å²) in [5, 5.41) is 2.16. The molecule has 0 spiro atoms. The van der Waals surface area contributed by atoms with Crippen LogP contribution >= 0.6 is 11.3 Å². The van der Waals surface area contributed by atoms with Gasteiger partial charge in [-0.1, -0.05) is 70.6 Å². The summed E-state index contributed by atoms with van der Waals surface area (Å²) in [5.41, 5.74) is 5.28. The van der Waals surface area contributed by atoms with E-state index in [1.165, 1.54) is 91.7 Å². The Bertz CT molecular complexity index is 878. The van der Waals surface area contributed by atoms with Crippen molar-refractivity contribution in [1.29, 1.82) is 0 Å². The fourth-order valence-corrected chi connectivity index (χ4v) is 4.92. The van der Waals surface area contributed by atoms with Crippen LogP contribution in [0.25, 0.3) is 21.6 Å². The van der Waals surface area contributed by atoms with Gasteiger partial charge in [0.05, 0.1) is 5.56 Å². The Morgan fingerprint density at radius 1 is 0.781 bits per heavy atom. The summed E-state index contributed by atoms with van der Waals surface area (Å²) in [7, 11) is 2.10. The Morgan fingerprint density at radius 3 is 2.00 bits per heavy atom. The van der Waals surface area contributed by atoms with Gasteiger partial charge < -0.3 is 28.9 Å². The van der Waals surface area contributed by atoms with E-state index in [0.717, 1.165) is 0 Å². The fraction of sp³-hybridized carbons (Fsp3) is 0.464. The third-order valence-electron chi connectivity index (χ3n) is 5.99. The highest BCUT2D eigenvalue weighted by atomic mass is 127. The quantitative estimate of drug-likeness (QED) is 0.164. The van der Waals surface area contributed by atoms with E-state index in [9.17, 15) is 0 Å². The summed E-state index contributed by atoms with van der Waals surface area (Å²) in [6.45, 7) is 6.92. The molecule has 3 rings (SSSR count). The third kappa shape index (κ3) is 7.87. The highest BCUT2D eigenvalue weighted by Crippen LogP contribution is 2.34. The van der Waals surface area contributed by atoms with Gasteiger partial charge in [0.15, 0.2) is 12.4 Å². The van der Waals surface area contributed by atoms with E-state index in [1.807, 2.05) is 11.3 Å². The zero-order valence-electron chi connectivity index (χ0n) is 20.0. The van der Waals surface area contributed by atoms with Gasteiger partial charge in [-0.25, -0.2) is 4.57 Å². The number of aromatic nitrogens is 1. The van der Waals surface area contributed by atoms with Crippen molar-refractivity contribution in [3.63, 3.8) is 0 Å². The Kier molecular flexibility index (Phi) is 12.3. The van der Waals surface area contributed by atoms with Crippen LogP contribution in [0.1, 0.15) is 65.2 Å². The van der Waals surface area contributed by atoms with Crippen LogP contribution in [0, 0.1) is 0 Å². The van der Waals surface area contributed by atoms with Crippen LogP contribution in [-0.2, 0) is 7.05 Å². The summed E-state index contributed by atoms with van der Waals surface area (Å²) in [6, 6.07) is 15.9. The van der Waals surface area contributed by atoms with Crippen LogP contribution in [0.2, 0.25) is 0 Å². The molecular weight excluding hydrogens is 523 g/mol. The van der Waals surface area contributed by atoms with Gasteiger partial charge in [-0.3, -0.25) is 0 Å². The molecule has 0 radical (unpaired) electrons. The van der Waals surface area contributed by atoms with Gasteiger partial charge in [0.25, 0.3) is 0 Å². The Balaban J connectivity index is 0.00000363. The number of rotatable bonds is 13. The highest BCUT2D eigenvalue weighted by Gasteiger charge is 2.13. The number of nitrogens with zero attached hydrogens (tertiary/aromatic N) is 2. The second-order valence-electron chi connectivity index (χ2n) is 8.57. The lowest BCUT2D eigenvalue weighted by atomic mass is 10.0. The van der Waals surface area contributed by atoms with Crippen LogP contribution < -0.4 is 33.4 Å². The van der Waals surface area contributed by atoms with Gasteiger partial charge in [-0.2, -0.15) is 0 Å². The molecule has 0 amide bonds. The van der Waals surface area contributed by atoms with Gasteiger partial charge in [-0.15, -0.1) is 11.3 Å². The molecule has 0 atom stereocenters. The molecule has 0 unspecified atom stereocenters. The normalized spacial score (nSPS) is 10.7. The monoisotopic (exact) mass is 562 g/mol. The Morgan fingerprint density at radius 2 is 1.44 bits per heavy atom. The Hall–Kier alpha value is -1.40. The Labute approximate surface area is 216 Å². The predicted molar refractivity (Wildman–Crippen MR) is 137 cm³/mol. The molecule has 0 saturated heterocycles. The minimum absolute atomic E-state index is 0. The largest absolute Gasteiger partial charge is 1.00 e. The van der Waals surface area contributed by atoms with Crippen LogP contribution in [0.5, 0.6) is 0 Å². The van der Waals surface area contributed by atoms with E-state index < -0.39 is 0 Å². The maximum atomic E-state index is 2.61. The van der Waals surface area contributed by atoms with E-state index in [0.29, 0.717) is 0 Å². The van der Waals surface area contributed by atoms with Crippen molar-refractivity contribution in [2.45, 2.75) is 65.2 Å². The SMILES string of the molecule is CCCCCCN(CCCCCC)c1ccc(-c2c[n+](C)ccc2-c2cccs2)cc1.[I-]. The van der Waals surface area contributed by atoms with E-state index in [2.05, 4.69) is 90.6 Å². The standard InChI is InChI=1S/C28H39N2S.HI/c1-4-6-8-10-19-30(20-11-9-7-5-2)25-16-14-24(15-17-25)27-23-29(3)21-18-26(27)28-13-12-22-31-28;/h12-18,21-23H,4-11,19-20H2,1-3H3;1H/q+1;/p-1. The zero-order chi connectivity index (χ0) is 21.9. The predicted octanol–water partition coefficient (Wildman–Crippen LogP) is 4.88. The molecule has 0 aliphatic carbocycles. The van der Waals surface area contributed by atoms with E-state index in [-0.39, 0.29) is 24.0 Å². The molecule has 2 aromatic heterocycles. The summed E-state index contributed by atoms with van der Waals surface area (Å²) in [4.78, 5) is 3.94. The third-order valence-corrected chi connectivity index (χ3v) is 6.90. The molecule has 1 aromatic carbocycles. The molecule has 2 nitrogen and oxygen atoms in total. The van der Waals surface area contributed by atoms with Gasteiger partial charge in [-0.05, 0) is 42.0 Å². The van der Waals surface area contributed by atoms with Crippen molar-refractivity contribution in [3.8, 4) is 21.6 Å². The number of halogens is 1. The first kappa shape index (κ1) is 26.8. The number of unbranched alkanes of at least 4 members (excludes halogenated alkanes) is 6. The first-order valence-electron chi connectivity index (χ1n) is 12.1. The van der Waals surface area contributed by atoms with Crippen LogP contribution in [0.4, 0.5) is 5.69 Å². The lowest BCUT2D eigenvalue weighted by Crippen LogP contribution is -3.00. The van der Waals surface area contributed by atoms with Gasteiger partial charge in [0.1, 0.15) is 7.05 Å². The maximum absolute atomic E-state index is 2.61. The molecule has 3 aromatic rings. The summed E-state index contributed by atoms with van der Waals surface area (Å²) >= 11 is 1.81. The number of anilines is 1. The summed E-state index contributed by atoms with van der Waals surface area (Å²) in [5.74, 6) is 0. The molecular formula is C28H39IN2S. The minimum Gasteiger partial charge on any atom is -1.00 e. The number of hydrogen-bond acceptors (Lipinski definition) is 2. The molecule has 174 valence electrons. The molecule has 0 N–H and O–H groups in total. The summed E-state index contributed by atoms with van der Waals surface area (Å²) in [6.07, 6.45) is 14.9. The van der Waals surface area contributed by atoms with Crippen molar-refractivity contribution in [2.24, 2.45) is 7.05 Å². The van der Waals surface area contributed by atoms with Crippen LogP contribution in [-0.4, -0.2) is 13.1 Å². The van der Waals surface area contributed by atoms with E-state index >= 15 is 0 Å². The first-order chi connectivity index (χ1) is 15.2. The number of aryl methyl sites for hydroxylation is 1. The zero-order valence-corrected chi connectivity index (χ0v) is 23.0. The highest BCUT2D eigenvalue weighted by molar-refractivity contribution is 7.13. The topological polar surface area (TPSA) is 7.12 Å². The molecule has 0 fully saturated rings. The van der Waals surface area contributed by atoms with Gasteiger partial charge in [0, 0.05) is 35.3 Å². The molecule has 32 heavy (non-hydrogen) atoms. The lowest BCUT2D eigenvalue weighted by molar-refractivity contribution is -0.670. The number of benzene rings is 1. The molecule has 4 heteroatoms. The maximum Gasteiger partial charge on any atom is 0.177 e. The van der Waals surface area contributed by atoms with Crippen molar-refractivity contribution in [3.05, 3.63) is 60.2 Å². The lowest BCUT2D eigenvalue weighted by Gasteiger charge is -2.25. The number of hydrogen-bond donors (Lipinski definition) is 0. The molecule has 0 aliphatic heterocycles. The van der Waals surface area contributed by atoms with Crippen molar-refractivity contribution in [2.75, 3.05) is 18.0 Å². The van der Waals surface area contributed by atoms with Crippen LogP contribution in [0.15, 0.2) is 60.2 Å². The van der Waals surface area contributed by atoms with E-state index in [4.69, 9.17) is 0 Å². The molecule has 0 aliphatic rings. The second kappa shape index (κ2) is 14.7. The molecule has 2 heterocycles. The first-order valence-corrected chi connectivity index (χ1v) is 13.0. The fourth-order valence-electron chi connectivity index (χ4n) is 4.16. The van der Waals surface area contributed by atoms with Gasteiger partial charge >= 0.3 is 0 Å². The average molecular weight is 563 g/mol. The van der Waals surface area contributed by atoms with Crippen LogP contribution in [0.3, 0.4) is 0 Å². The van der Waals surface area contributed by atoms with E-state index in [1.54, 1.807) is 0 Å². The smallest absolute Gasteiger partial charge is 0.177 e. The van der Waals surface area contributed by atoms with Gasteiger partial charge in [0.2, 0.25) is 0 Å². The second-order valence-corrected chi connectivity index (χ2v) is 9.52. The van der Waals surface area contributed by atoms with Crippen molar-refractivity contribution in [1.82, 2.24) is 0 Å². The molecule has 0 saturated carbocycles. The molecule has 0 bridgehead atoms. The summed E-state index contributed by atoms with van der Waals surface area (Å²) < 4.78 is 2.15. The number of thiophene rings is 1. The minimum atomic E-state index is 0. The van der Waals surface area contributed by atoms with Crippen molar-refractivity contribution >= 4 is 17.0 Å². The number of pyridine rings is 1. The average Bonchev–Trinajstić information content (AvgIpc) is 3.33. The van der Waals surface area contributed by atoms with Crippen molar-refractivity contribution < 1.29 is 28.5 Å².